The first kappa shape index (κ1) is 15.2. The largest absolute Gasteiger partial charge is 0.353 e. The molecule has 1 fully saturated rings. The third-order valence-electron chi connectivity index (χ3n) is 3.91. The average Bonchev–Trinajstić information content (AvgIpc) is 2.51. The van der Waals surface area contributed by atoms with Crippen LogP contribution in [0.4, 0.5) is 10.2 Å². The van der Waals surface area contributed by atoms with E-state index in [1.54, 1.807) is 18.5 Å². The molecule has 0 radical (unpaired) electrons. The zero-order valence-corrected chi connectivity index (χ0v) is 13.2. The molecule has 116 valence electrons. The van der Waals surface area contributed by atoms with Crippen molar-refractivity contribution < 1.29 is 4.39 Å². The second-order valence-corrected chi connectivity index (χ2v) is 5.87. The van der Waals surface area contributed by atoms with E-state index in [4.69, 9.17) is 11.6 Å². The Labute approximate surface area is 134 Å². The molecule has 2 aromatic rings. The molecule has 0 atom stereocenters. The molecule has 3 rings (SSSR count). The molecule has 22 heavy (non-hydrogen) atoms. The van der Waals surface area contributed by atoms with Crippen LogP contribution < -0.4 is 4.90 Å². The Hall–Kier alpha value is -1.72. The lowest BCUT2D eigenvalue weighted by Gasteiger charge is -2.35. The van der Waals surface area contributed by atoms with E-state index in [1.807, 2.05) is 13.0 Å². The third kappa shape index (κ3) is 3.36. The molecule has 0 spiro atoms. The Morgan fingerprint density at radius 2 is 1.95 bits per heavy atom. The lowest BCUT2D eigenvalue weighted by molar-refractivity contribution is 0.249. The number of hydrogen-bond acceptors (Lipinski definition) is 4. The Bertz CT molecular complexity index is 656. The maximum Gasteiger partial charge on any atom is 0.151 e. The molecule has 1 saturated heterocycles. The van der Waals surface area contributed by atoms with E-state index in [2.05, 4.69) is 19.8 Å². The van der Waals surface area contributed by atoms with Crippen LogP contribution in [0.25, 0.3) is 0 Å². The number of rotatable bonds is 3. The van der Waals surface area contributed by atoms with Crippen LogP contribution in [-0.4, -0.2) is 41.0 Å². The summed E-state index contributed by atoms with van der Waals surface area (Å²) in [6.45, 7) is 6.15. The van der Waals surface area contributed by atoms with Crippen LogP contribution in [0.3, 0.4) is 0 Å². The van der Waals surface area contributed by atoms with Gasteiger partial charge in [0, 0.05) is 32.7 Å². The quantitative estimate of drug-likeness (QED) is 0.870. The minimum absolute atomic E-state index is 0.181. The Kier molecular flexibility index (Phi) is 4.55. The van der Waals surface area contributed by atoms with Crippen molar-refractivity contribution in [2.24, 2.45) is 0 Å². The van der Waals surface area contributed by atoms with E-state index in [9.17, 15) is 4.39 Å². The molecule has 2 heterocycles. The maximum absolute atomic E-state index is 13.2. The molecule has 1 aromatic heterocycles. The molecular formula is C16H18ClFN4. The highest BCUT2D eigenvalue weighted by Gasteiger charge is 2.20. The predicted molar refractivity (Wildman–Crippen MR) is 85.7 cm³/mol. The number of aromatic nitrogens is 2. The van der Waals surface area contributed by atoms with E-state index in [-0.39, 0.29) is 5.82 Å². The highest BCUT2D eigenvalue weighted by atomic mass is 35.5. The molecule has 1 aromatic carbocycles. The summed E-state index contributed by atoms with van der Waals surface area (Å²) in [5.41, 5.74) is 1.80. The molecule has 0 unspecified atom stereocenters. The van der Waals surface area contributed by atoms with Crippen LogP contribution in [0.1, 0.15) is 11.3 Å². The molecule has 0 amide bonds. The number of anilines is 1. The van der Waals surface area contributed by atoms with Crippen molar-refractivity contribution in [3.63, 3.8) is 0 Å². The number of piperazine rings is 1. The van der Waals surface area contributed by atoms with Crippen molar-refractivity contribution in [1.29, 1.82) is 0 Å². The van der Waals surface area contributed by atoms with Crippen LogP contribution in [0.2, 0.25) is 5.02 Å². The molecule has 6 heteroatoms. The summed E-state index contributed by atoms with van der Waals surface area (Å²) in [4.78, 5) is 12.9. The second-order valence-electron chi connectivity index (χ2n) is 5.49. The van der Waals surface area contributed by atoms with E-state index >= 15 is 0 Å². The number of nitrogens with zero attached hydrogens (tertiary/aromatic N) is 4. The fourth-order valence-corrected chi connectivity index (χ4v) is 2.89. The SMILES string of the molecule is Cc1ncnc(N2CCN(Cc3cccc(F)c3)CC2)c1Cl. The first-order valence-electron chi connectivity index (χ1n) is 7.32. The summed E-state index contributed by atoms with van der Waals surface area (Å²) < 4.78 is 13.2. The van der Waals surface area contributed by atoms with Crippen molar-refractivity contribution in [2.75, 3.05) is 31.1 Å². The van der Waals surface area contributed by atoms with Gasteiger partial charge < -0.3 is 4.90 Å². The Morgan fingerprint density at radius 1 is 1.18 bits per heavy atom. The Balaban J connectivity index is 1.62. The first-order chi connectivity index (χ1) is 10.6. The zero-order valence-electron chi connectivity index (χ0n) is 12.5. The Morgan fingerprint density at radius 3 is 2.68 bits per heavy atom. The summed E-state index contributed by atoms with van der Waals surface area (Å²) in [7, 11) is 0. The van der Waals surface area contributed by atoms with E-state index in [1.165, 1.54) is 6.07 Å². The molecule has 1 aliphatic rings. The fourth-order valence-electron chi connectivity index (χ4n) is 2.68. The highest BCUT2D eigenvalue weighted by molar-refractivity contribution is 6.33. The van der Waals surface area contributed by atoms with Gasteiger partial charge in [-0.1, -0.05) is 23.7 Å². The second kappa shape index (κ2) is 6.58. The molecule has 0 N–H and O–H groups in total. The number of benzene rings is 1. The summed E-state index contributed by atoms with van der Waals surface area (Å²) in [5, 5.41) is 0.626. The lowest BCUT2D eigenvalue weighted by atomic mass is 10.2. The van der Waals surface area contributed by atoms with Gasteiger partial charge in [0.15, 0.2) is 5.82 Å². The van der Waals surface area contributed by atoms with Gasteiger partial charge in [0.25, 0.3) is 0 Å². The summed E-state index contributed by atoms with van der Waals surface area (Å²) in [5.74, 6) is 0.624. The lowest BCUT2D eigenvalue weighted by Crippen LogP contribution is -2.46. The highest BCUT2D eigenvalue weighted by Crippen LogP contribution is 2.25. The number of aryl methyl sites for hydroxylation is 1. The number of halogens is 2. The van der Waals surface area contributed by atoms with Crippen molar-refractivity contribution >= 4 is 17.4 Å². The minimum Gasteiger partial charge on any atom is -0.353 e. The van der Waals surface area contributed by atoms with E-state index < -0.39 is 0 Å². The van der Waals surface area contributed by atoms with E-state index in [0.29, 0.717) is 5.02 Å². The minimum atomic E-state index is -0.181. The third-order valence-corrected chi connectivity index (χ3v) is 4.35. The monoisotopic (exact) mass is 320 g/mol. The van der Waals surface area contributed by atoms with Crippen LogP contribution in [0.5, 0.6) is 0 Å². The van der Waals surface area contributed by atoms with Gasteiger partial charge in [-0.05, 0) is 24.6 Å². The smallest absolute Gasteiger partial charge is 0.151 e. The first-order valence-corrected chi connectivity index (χ1v) is 7.70. The van der Waals surface area contributed by atoms with Crippen LogP contribution >= 0.6 is 11.6 Å². The topological polar surface area (TPSA) is 32.3 Å². The van der Waals surface area contributed by atoms with Gasteiger partial charge in [-0.2, -0.15) is 0 Å². The molecular weight excluding hydrogens is 303 g/mol. The van der Waals surface area contributed by atoms with Crippen molar-refractivity contribution in [3.8, 4) is 0 Å². The van der Waals surface area contributed by atoms with Crippen LogP contribution in [0, 0.1) is 12.7 Å². The van der Waals surface area contributed by atoms with Gasteiger partial charge >= 0.3 is 0 Å². The standard InChI is InChI=1S/C16H18ClFN4/c1-12-15(17)16(20-11-19-12)22-7-5-21(6-8-22)10-13-3-2-4-14(18)9-13/h2-4,9,11H,5-8,10H2,1H3. The maximum atomic E-state index is 13.2. The molecule has 0 saturated carbocycles. The van der Waals surface area contributed by atoms with Gasteiger partial charge in [-0.25, -0.2) is 14.4 Å². The van der Waals surface area contributed by atoms with Crippen molar-refractivity contribution in [1.82, 2.24) is 14.9 Å². The number of hydrogen-bond donors (Lipinski definition) is 0. The van der Waals surface area contributed by atoms with E-state index in [0.717, 1.165) is 49.8 Å². The van der Waals surface area contributed by atoms with Crippen molar-refractivity contribution in [3.05, 3.63) is 52.7 Å². The summed E-state index contributed by atoms with van der Waals surface area (Å²) in [6.07, 6.45) is 1.55. The predicted octanol–water partition coefficient (Wildman–Crippen LogP) is 2.90. The van der Waals surface area contributed by atoms with Gasteiger partial charge in [0.1, 0.15) is 17.2 Å². The van der Waals surface area contributed by atoms with Gasteiger partial charge in [0.05, 0.1) is 5.69 Å². The summed E-state index contributed by atoms with van der Waals surface area (Å²) >= 11 is 6.29. The van der Waals surface area contributed by atoms with Gasteiger partial charge in [0.2, 0.25) is 0 Å². The summed E-state index contributed by atoms with van der Waals surface area (Å²) in [6, 6.07) is 6.78. The zero-order chi connectivity index (χ0) is 15.5. The van der Waals surface area contributed by atoms with Crippen LogP contribution in [-0.2, 0) is 6.54 Å². The van der Waals surface area contributed by atoms with Crippen LogP contribution in [0.15, 0.2) is 30.6 Å². The molecule has 4 nitrogen and oxygen atoms in total. The molecule has 1 aliphatic heterocycles. The fraction of sp³-hybridized carbons (Fsp3) is 0.375. The average molecular weight is 321 g/mol. The molecule has 0 bridgehead atoms. The van der Waals surface area contributed by atoms with Crippen molar-refractivity contribution in [2.45, 2.75) is 13.5 Å². The van der Waals surface area contributed by atoms with Gasteiger partial charge in [-0.3, -0.25) is 4.90 Å². The molecule has 0 aliphatic carbocycles. The normalized spacial score (nSPS) is 16.0. The van der Waals surface area contributed by atoms with Gasteiger partial charge in [-0.15, -0.1) is 0 Å².